The van der Waals surface area contributed by atoms with Crippen LogP contribution < -0.4 is 5.32 Å². The number of rotatable bonds is 6. The molecule has 4 heterocycles. The van der Waals surface area contributed by atoms with Crippen LogP contribution in [0.2, 0.25) is 0 Å². The minimum atomic E-state index is 0.0903. The van der Waals surface area contributed by atoms with E-state index in [2.05, 4.69) is 26.7 Å². The average Bonchev–Trinajstić information content (AvgIpc) is 3.23. The molecule has 0 unspecified atom stereocenters. The lowest BCUT2D eigenvalue weighted by Gasteiger charge is -2.17. The summed E-state index contributed by atoms with van der Waals surface area (Å²) in [5, 5.41) is 7.83. The monoisotopic (exact) mass is 429 g/mol. The zero-order valence-corrected chi connectivity index (χ0v) is 18.4. The van der Waals surface area contributed by atoms with Crippen molar-refractivity contribution in [2.75, 3.05) is 19.6 Å². The Morgan fingerprint density at radius 3 is 2.81 bits per heavy atom. The van der Waals surface area contributed by atoms with Gasteiger partial charge in [0.2, 0.25) is 0 Å². The van der Waals surface area contributed by atoms with Crippen molar-refractivity contribution in [1.29, 1.82) is 0 Å². The van der Waals surface area contributed by atoms with Crippen LogP contribution in [0.1, 0.15) is 31.9 Å². The minimum absolute atomic E-state index is 0.0903. The van der Waals surface area contributed by atoms with Crippen molar-refractivity contribution in [2.45, 2.75) is 26.2 Å². The van der Waals surface area contributed by atoms with Crippen molar-refractivity contribution in [3.63, 3.8) is 0 Å². The lowest BCUT2D eigenvalue weighted by molar-refractivity contribution is -0.531. The van der Waals surface area contributed by atoms with Crippen LogP contribution in [0.25, 0.3) is 23.0 Å². The van der Waals surface area contributed by atoms with Crippen molar-refractivity contribution >= 4 is 36.4 Å². The van der Waals surface area contributed by atoms with E-state index in [9.17, 15) is 4.79 Å². The third kappa shape index (κ3) is 5.17. The quantitative estimate of drug-likeness (QED) is 0.431. The van der Waals surface area contributed by atoms with Crippen LogP contribution in [0, 0.1) is 5.92 Å². The van der Waals surface area contributed by atoms with Gasteiger partial charge in [-0.15, -0.1) is 0 Å². The van der Waals surface area contributed by atoms with E-state index in [1.165, 1.54) is 0 Å². The van der Waals surface area contributed by atoms with Crippen LogP contribution in [0.3, 0.4) is 0 Å². The number of hydrogen-bond acceptors (Lipinski definition) is 5. The van der Waals surface area contributed by atoms with Gasteiger partial charge < -0.3 is 5.32 Å². The van der Waals surface area contributed by atoms with Crippen molar-refractivity contribution in [3.8, 4) is 11.1 Å². The van der Waals surface area contributed by atoms with Crippen molar-refractivity contribution < 1.29 is 9.37 Å². The minimum Gasteiger partial charge on any atom is -0.369 e. The van der Waals surface area contributed by atoms with E-state index in [1.54, 1.807) is 17.0 Å². The molecular formula is C25H29N6O+. The number of allylic oxidation sites excluding steroid dienone is 4. The molecule has 0 bridgehead atoms. The molecule has 0 radical (unpaired) electrons. The van der Waals surface area contributed by atoms with E-state index < -0.39 is 0 Å². The number of ketones is 1. The summed E-state index contributed by atoms with van der Waals surface area (Å²) in [5.41, 5.74) is 2.70. The first-order valence-electron chi connectivity index (χ1n) is 11.1. The number of nitrogens with one attached hydrogen (secondary N) is 1. The Balaban J connectivity index is 1.67. The van der Waals surface area contributed by atoms with Crippen molar-refractivity contribution in [2.24, 2.45) is 10.9 Å². The molecule has 4 rings (SSSR count). The number of piperidine rings is 1. The second-order valence-corrected chi connectivity index (χ2v) is 8.06. The third-order valence-electron chi connectivity index (χ3n) is 5.66. The first-order valence-corrected chi connectivity index (χ1v) is 11.1. The zero-order valence-electron chi connectivity index (χ0n) is 18.4. The Labute approximate surface area is 188 Å². The van der Waals surface area contributed by atoms with Crippen molar-refractivity contribution in [1.82, 2.24) is 20.1 Å². The molecule has 0 aliphatic carbocycles. The van der Waals surface area contributed by atoms with Crippen LogP contribution in [0.5, 0.6) is 0 Å². The van der Waals surface area contributed by atoms with Gasteiger partial charge in [0.15, 0.2) is 11.6 Å². The number of carbonyl (C=O) groups excluding carboxylic acids is 1. The third-order valence-corrected chi connectivity index (χ3v) is 5.66. The van der Waals surface area contributed by atoms with Gasteiger partial charge >= 0.3 is 0 Å². The van der Waals surface area contributed by atoms with Gasteiger partial charge in [0.1, 0.15) is 25.6 Å². The summed E-state index contributed by atoms with van der Waals surface area (Å²) < 4.78 is 3.82. The van der Waals surface area contributed by atoms with E-state index in [0.29, 0.717) is 30.5 Å². The fourth-order valence-electron chi connectivity index (χ4n) is 3.78. The highest BCUT2D eigenvalue weighted by Crippen LogP contribution is 2.32. The predicted octanol–water partition coefficient (Wildman–Crippen LogP) is 3.72. The number of carbonyl (C=O) groups is 1. The maximum atomic E-state index is 12.0. The molecule has 7 nitrogen and oxygen atoms in total. The molecule has 2 aromatic heterocycles. The molecule has 32 heavy (non-hydrogen) atoms. The highest BCUT2D eigenvalue weighted by atomic mass is 16.1. The molecule has 7 heteroatoms. The van der Waals surface area contributed by atoms with Crippen molar-refractivity contribution in [3.05, 3.63) is 54.5 Å². The fraction of sp³-hybridized carbons (Fsp3) is 0.320. The molecule has 1 fully saturated rings. The van der Waals surface area contributed by atoms with E-state index in [0.717, 1.165) is 42.8 Å². The van der Waals surface area contributed by atoms with E-state index in [-0.39, 0.29) is 5.78 Å². The molecule has 0 atom stereocenters. The van der Waals surface area contributed by atoms with E-state index >= 15 is 0 Å². The highest BCUT2D eigenvalue weighted by molar-refractivity contribution is 5.96. The first-order chi connectivity index (χ1) is 15.6. The summed E-state index contributed by atoms with van der Waals surface area (Å²) in [4.78, 5) is 21.4. The smallest absolute Gasteiger partial charge is 0.164 e. The van der Waals surface area contributed by atoms with Gasteiger partial charge in [-0.05, 0) is 19.1 Å². The summed E-state index contributed by atoms with van der Waals surface area (Å²) >= 11 is 0. The van der Waals surface area contributed by atoms with Gasteiger partial charge in [-0.25, -0.2) is 9.57 Å². The van der Waals surface area contributed by atoms with Gasteiger partial charge in [0.25, 0.3) is 0 Å². The number of hydrogen-bond donors (Lipinski definition) is 1. The molecule has 0 saturated carbocycles. The average molecular weight is 430 g/mol. The molecule has 2 aliphatic rings. The van der Waals surface area contributed by atoms with Crippen LogP contribution in [0.4, 0.5) is 5.82 Å². The molecule has 2 aromatic rings. The summed E-state index contributed by atoms with van der Waals surface area (Å²) in [6.45, 7) is 8.53. The van der Waals surface area contributed by atoms with E-state index in [1.807, 2.05) is 55.8 Å². The van der Waals surface area contributed by atoms with Crippen LogP contribution >= 0.6 is 0 Å². The van der Waals surface area contributed by atoms with Crippen LogP contribution in [0.15, 0.2) is 53.8 Å². The SMILES string of the molecule is C=[N+]1CCC(C=Nc2c(-c3ccc(C=CC=CC)nc3)cnn2C2=CC(=O)CCN2)CC1. The zero-order chi connectivity index (χ0) is 22.3. The van der Waals surface area contributed by atoms with Crippen LogP contribution in [-0.2, 0) is 4.79 Å². The maximum absolute atomic E-state index is 12.0. The summed E-state index contributed by atoms with van der Waals surface area (Å²) in [6, 6.07) is 4.00. The van der Waals surface area contributed by atoms with Gasteiger partial charge in [-0.2, -0.15) is 9.78 Å². The number of pyridine rings is 1. The Hall–Kier alpha value is -3.61. The van der Waals surface area contributed by atoms with E-state index in [4.69, 9.17) is 4.99 Å². The molecule has 0 amide bonds. The highest BCUT2D eigenvalue weighted by Gasteiger charge is 2.21. The molecule has 1 N–H and O–H groups in total. The number of nitrogens with zero attached hydrogens (tertiary/aromatic N) is 5. The Kier molecular flexibility index (Phi) is 6.84. The summed E-state index contributed by atoms with van der Waals surface area (Å²) in [6.07, 6.45) is 17.7. The van der Waals surface area contributed by atoms with Gasteiger partial charge in [-0.1, -0.05) is 24.3 Å². The maximum Gasteiger partial charge on any atom is 0.164 e. The Bertz CT molecular complexity index is 1090. The van der Waals surface area contributed by atoms with Gasteiger partial charge in [0, 0.05) is 61.3 Å². The molecule has 1 saturated heterocycles. The Morgan fingerprint density at radius 2 is 2.09 bits per heavy atom. The molecular weight excluding hydrogens is 400 g/mol. The largest absolute Gasteiger partial charge is 0.369 e. The number of aliphatic imine (C=N–C) groups is 1. The second-order valence-electron chi connectivity index (χ2n) is 8.06. The topological polar surface area (TPSA) is 75.2 Å². The van der Waals surface area contributed by atoms with Gasteiger partial charge in [-0.3, -0.25) is 9.78 Å². The standard InChI is InChI=1S/C25H28N6O/c1-3-4-5-6-21-8-7-20(17-27-21)23-18-29-31(24-15-22(32)9-12-26-24)25(23)28-16-19-10-13-30(2)14-11-19/h3-8,15-19H,2,9-14H2,1H3/p+1. The predicted molar refractivity (Wildman–Crippen MR) is 129 cm³/mol. The second kappa shape index (κ2) is 10.1. The van der Waals surface area contributed by atoms with Crippen LogP contribution in [-0.4, -0.2) is 57.7 Å². The molecule has 2 aliphatic heterocycles. The lowest BCUT2D eigenvalue weighted by Crippen LogP contribution is -2.26. The molecule has 0 aromatic carbocycles. The normalized spacial score (nSPS) is 18.1. The summed E-state index contributed by atoms with van der Waals surface area (Å²) in [7, 11) is 0. The molecule has 164 valence electrons. The lowest BCUT2D eigenvalue weighted by atomic mass is 9.99. The molecule has 0 spiro atoms. The van der Waals surface area contributed by atoms with Gasteiger partial charge in [0.05, 0.1) is 11.9 Å². The Morgan fingerprint density at radius 1 is 1.25 bits per heavy atom. The fourth-order valence-corrected chi connectivity index (χ4v) is 3.78. The number of aromatic nitrogens is 3. The summed E-state index contributed by atoms with van der Waals surface area (Å²) in [5.74, 6) is 1.85. The first kappa shape index (κ1) is 21.6.